The van der Waals surface area contributed by atoms with Crippen LogP contribution in [0.1, 0.15) is 12.0 Å². The molecule has 0 fully saturated rings. The highest BCUT2D eigenvalue weighted by atomic mass is 32.1. The number of thiol groups is 1. The van der Waals surface area contributed by atoms with Gasteiger partial charge in [-0.05, 0) is 22.9 Å². The van der Waals surface area contributed by atoms with Gasteiger partial charge in [-0.2, -0.15) is 0 Å². The second kappa shape index (κ2) is 3.47. The molecule has 1 aromatic heterocycles. The van der Waals surface area contributed by atoms with Crippen LogP contribution in [-0.4, -0.2) is 0 Å². The minimum Gasteiger partial charge on any atom is -0.205 e. The van der Waals surface area contributed by atoms with Crippen LogP contribution in [0.5, 0.6) is 0 Å². The first kappa shape index (κ1) is 9.86. The summed E-state index contributed by atoms with van der Waals surface area (Å²) in [5, 5.41) is 2.26. The molecule has 0 bridgehead atoms. The summed E-state index contributed by atoms with van der Waals surface area (Å²) in [7, 11) is 0. The molecule has 2 aromatic rings. The van der Waals surface area contributed by atoms with E-state index in [-0.39, 0.29) is 4.90 Å². The maximum Gasteiger partial charge on any atom is 0.268 e. The standard InChI is InChI=1S/C9H5F3S2/c10-7-5(13)3-4-1-2-14-8(4)6(7)9(11)12/h1-3,9,13H. The highest BCUT2D eigenvalue weighted by Gasteiger charge is 2.20. The number of hydrogen-bond acceptors (Lipinski definition) is 2. The maximum atomic E-state index is 13.3. The highest BCUT2D eigenvalue weighted by Crippen LogP contribution is 2.36. The van der Waals surface area contributed by atoms with Crippen LogP contribution in [0.3, 0.4) is 0 Å². The Morgan fingerprint density at radius 2 is 2.07 bits per heavy atom. The van der Waals surface area contributed by atoms with Gasteiger partial charge in [0.05, 0.1) is 5.56 Å². The van der Waals surface area contributed by atoms with Gasteiger partial charge in [-0.3, -0.25) is 0 Å². The molecule has 0 saturated heterocycles. The van der Waals surface area contributed by atoms with Gasteiger partial charge < -0.3 is 0 Å². The lowest BCUT2D eigenvalue weighted by molar-refractivity contribution is 0.148. The van der Waals surface area contributed by atoms with Gasteiger partial charge in [0.2, 0.25) is 0 Å². The number of thiophene rings is 1. The van der Waals surface area contributed by atoms with Crippen LogP contribution >= 0.6 is 24.0 Å². The second-order valence-electron chi connectivity index (χ2n) is 2.76. The van der Waals surface area contributed by atoms with Gasteiger partial charge in [-0.15, -0.1) is 24.0 Å². The SMILES string of the molecule is Fc1c(S)cc2ccsc2c1C(F)F. The summed E-state index contributed by atoms with van der Waals surface area (Å²) in [6, 6.07) is 3.13. The third-order valence-electron chi connectivity index (χ3n) is 1.91. The van der Waals surface area contributed by atoms with Gasteiger partial charge in [0.15, 0.2) is 0 Å². The lowest BCUT2D eigenvalue weighted by Crippen LogP contribution is -1.92. The molecule has 0 atom stereocenters. The molecule has 0 unspecified atom stereocenters. The fourth-order valence-electron chi connectivity index (χ4n) is 1.29. The molecule has 74 valence electrons. The summed E-state index contributed by atoms with van der Waals surface area (Å²) in [4.78, 5) is -0.0359. The van der Waals surface area contributed by atoms with E-state index in [1.165, 1.54) is 6.07 Å². The van der Waals surface area contributed by atoms with E-state index in [0.29, 0.717) is 10.1 Å². The van der Waals surface area contributed by atoms with Crippen molar-refractivity contribution in [3.63, 3.8) is 0 Å². The summed E-state index contributed by atoms with van der Waals surface area (Å²) < 4.78 is 38.7. The Morgan fingerprint density at radius 1 is 1.36 bits per heavy atom. The average Bonchev–Trinajstić information content (AvgIpc) is 2.52. The van der Waals surface area contributed by atoms with Crippen LogP contribution in [0.4, 0.5) is 13.2 Å². The number of benzene rings is 1. The molecule has 0 radical (unpaired) electrons. The fraction of sp³-hybridized carbons (Fsp3) is 0.111. The Hall–Kier alpha value is -0.680. The van der Waals surface area contributed by atoms with Gasteiger partial charge in [0.25, 0.3) is 6.43 Å². The zero-order valence-corrected chi connectivity index (χ0v) is 8.51. The lowest BCUT2D eigenvalue weighted by Gasteiger charge is -2.05. The van der Waals surface area contributed by atoms with Gasteiger partial charge in [0, 0.05) is 9.60 Å². The lowest BCUT2D eigenvalue weighted by atomic mass is 10.1. The van der Waals surface area contributed by atoms with Crippen molar-refractivity contribution in [2.45, 2.75) is 11.3 Å². The first-order valence-electron chi connectivity index (χ1n) is 3.78. The van der Waals surface area contributed by atoms with Gasteiger partial charge >= 0.3 is 0 Å². The molecule has 14 heavy (non-hydrogen) atoms. The summed E-state index contributed by atoms with van der Waals surface area (Å²) in [6.07, 6.45) is -2.80. The van der Waals surface area contributed by atoms with Crippen molar-refractivity contribution in [2.24, 2.45) is 0 Å². The molecule has 2 rings (SSSR count). The van der Waals surface area contributed by atoms with E-state index in [1.54, 1.807) is 11.4 Å². The quantitative estimate of drug-likeness (QED) is 0.700. The Labute approximate surface area is 87.8 Å². The van der Waals surface area contributed by atoms with E-state index >= 15 is 0 Å². The van der Waals surface area contributed by atoms with E-state index in [9.17, 15) is 13.2 Å². The smallest absolute Gasteiger partial charge is 0.205 e. The maximum absolute atomic E-state index is 13.3. The van der Waals surface area contributed by atoms with Crippen LogP contribution < -0.4 is 0 Å². The van der Waals surface area contributed by atoms with Crippen LogP contribution in [0.15, 0.2) is 22.4 Å². The Balaban J connectivity index is 2.86. The second-order valence-corrected chi connectivity index (χ2v) is 4.16. The van der Waals surface area contributed by atoms with Crippen molar-refractivity contribution in [1.29, 1.82) is 0 Å². The third-order valence-corrected chi connectivity index (χ3v) is 3.20. The number of fused-ring (bicyclic) bond motifs is 1. The largest absolute Gasteiger partial charge is 0.268 e. The summed E-state index contributed by atoms with van der Waals surface area (Å²) in [6.45, 7) is 0. The van der Waals surface area contributed by atoms with E-state index in [1.807, 2.05) is 0 Å². The first-order valence-corrected chi connectivity index (χ1v) is 5.10. The Kier molecular flexibility index (Phi) is 2.45. The van der Waals surface area contributed by atoms with Gasteiger partial charge in [-0.1, -0.05) is 0 Å². The fourth-order valence-corrected chi connectivity index (χ4v) is 2.47. The van der Waals surface area contributed by atoms with Gasteiger partial charge in [0.1, 0.15) is 5.82 Å². The number of alkyl halides is 2. The molecular weight excluding hydrogens is 229 g/mol. The van der Waals surface area contributed by atoms with Crippen LogP contribution in [0.2, 0.25) is 0 Å². The summed E-state index contributed by atoms with van der Waals surface area (Å²) in [5.41, 5.74) is -0.539. The van der Waals surface area contributed by atoms with Crippen LogP contribution in [-0.2, 0) is 0 Å². The monoisotopic (exact) mass is 234 g/mol. The molecule has 0 saturated carbocycles. The van der Waals surface area contributed by atoms with E-state index in [0.717, 1.165) is 11.3 Å². The molecule has 0 spiro atoms. The number of rotatable bonds is 1. The van der Waals surface area contributed by atoms with E-state index in [4.69, 9.17) is 0 Å². The highest BCUT2D eigenvalue weighted by molar-refractivity contribution is 7.80. The van der Waals surface area contributed by atoms with Crippen molar-refractivity contribution in [3.05, 3.63) is 28.9 Å². The first-order chi connectivity index (χ1) is 6.61. The predicted octanol–water partition coefficient (Wildman–Crippen LogP) is 4.27. The normalized spacial score (nSPS) is 11.5. The molecule has 0 N–H and O–H groups in total. The van der Waals surface area contributed by atoms with E-state index < -0.39 is 17.8 Å². The average molecular weight is 234 g/mol. The predicted molar refractivity (Wildman–Crippen MR) is 54.0 cm³/mol. The van der Waals surface area contributed by atoms with Crippen molar-refractivity contribution < 1.29 is 13.2 Å². The minimum absolute atomic E-state index is 0.0359. The molecule has 0 aliphatic carbocycles. The molecule has 0 amide bonds. The van der Waals surface area contributed by atoms with Crippen molar-refractivity contribution in [1.82, 2.24) is 0 Å². The van der Waals surface area contributed by atoms with Crippen molar-refractivity contribution in [3.8, 4) is 0 Å². The van der Waals surface area contributed by atoms with E-state index in [2.05, 4.69) is 12.6 Å². The molecule has 0 nitrogen and oxygen atoms in total. The van der Waals surface area contributed by atoms with Crippen LogP contribution in [0, 0.1) is 5.82 Å². The molecular formula is C9H5F3S2. The summed E-state index contributed by atoms with van der Waals surface area (Å²) in [5.74, 6) is -0.918. The zero-order chi connectivity index (χ0) is 10.3. The molecule has 1 heterocycles. The third kappa shape index (κ3) is 1.40. The van der Waals surface area contributed by atoms with Crippen molar-refractivity contribution in [2.75, 3.05) is 0 Å². The minimum atomic E-state index is -2.80. The topological polar surface area (TPSA) is 0 Å². The Morgan fingerprint density at radius 3 is 2.71 bits per heavy atom. The molecule has 0 aliphatic heterocycles. The molecule has 5 heteroatoms. The zero-order valence-electron chi connectivity index (χ0n) is 6.80. The van der Waals surface area contributed by atoms with Crippen LogP contribution in [0.25, 0.3) is 10.1 Å². The molecule has 0 aliphatic rings. The number of hydrogen-bond donors (Lipinski definition) is 1. The summed E-state index contributed by atoms with van der Waals surface area (Å²) >= 11 is 4.92. The molecule has 1 aromatic carbocycles. The van der Waals surface area contributed by atoms with Crippen molar-refractivity contribution >= 4 is 34.1 Å². The van der Waals surface area contributed by atoms with Gasteiger partial charge in [-0.25, -0.2) is 13.2 Å². The number of halogens is 3. The Bertz CT molecular complexity index is 476.